The standard InChI is InChI=1S/2C17H16N6O2.4H2O/c2*24-16(20-10-12-5-1-3-7-18-12)14-9-15(23-22-14)17(25)21-11-13-6-2-4-8-19-13;;;;/h2*1-9H,10-11H2,(H,20,24)(H,21,25)(H,22,23);4*1H2. The molecule has 54 heavy (non-hydrogen) atoms. The van der Waals surface area contributed by atoms with Crippen molar-refractivity contribution in [2.75, 3.05) is 0 Å². The van der Waals surface area contributed by atoms with Crippen molar-refractivity contribution in [3.8, 4) is 0 Å². The van der Waals surface area contributed by atoms with Crippen LogP contribution in [0.1, 0.15) is 64.7 Å². The van der Waals surface area contributed by atoms with E-state index in [4.69, 9.17) is 0 Å². The van der Waals surface area contributed by atoms with E-state index in [2.05, 4.69) is 61.6 Å². The summed E-state index contributed by atoms with van der Waals surface area (Å²) in [6.07, 6.45) is 6.61. The van der Waals surface area contributed by atoms with Gasteiger partial charge in [-0.05, 0) is 48.5 Å². The highest BCUT2D eigenvalue weighted by Gasteiger charge is 2.16. The second-order valence-corrected chi connectivity index (χ2v) is 10.3. The van der Waals surface area contributed by atoms with Crippen LogP contribution in [0.25, 0.3) is 0 Å². The van der Waals surface area contributed by atoms with E-state index in [0.717, 1.165) is 22.8 Å². The van der Waals surface area contributed by atoms with E-state index in [9.17, 15) is 19.2 Å². The average Bonchev–Trinajstić information content (AvgIpc) is 3.88. The Morgan fingerprint density at radius 2 is 0.704 bits per heavy atom. The van der Waals surface area contributed by atoms with E-state index < -0.39 is 0 Å². The van der Waals surface area contributed by atoms with E-state index in [1.54, 1.807) is 61.2 Å². The van der Waals surface area contributed by atoms with E-state index in [1.165, 1.54) is 12.1 Å². The molecule has 0 fully saturated rings. The van der Waals surface area contributed by atoms with Crippen LogP contribution in [0.2, 0.25) is 0 Å². The van der Waals surface area contributed by atoms with Crippen LogP contribution in [0.4, 0.5) is 0 Å². The number of amides is 4. The first-order valence-electron chi connectivity index (χ1n) is 15.3. The Balaban J connectivity index is 0.000000503. The zero-order valence-electron chi connectivity index (χ0n) is 28.5. The Morgan fingerprint density at radius 1 is 0.426 bits per heavy atom. The molecule has 6 heterocycles. The van der Waals surface area contributed by atoms with E-state index in [0.29, 0.717) is 13.1 Å². The molecule has 20 heteroatoms. The molecule has 14 N–H and O–H groups in total. The van der Waals surface area contributed by atoms with Gasteiger partial charge in [0.25, 0.3) is 23.6 Å². The van der Waals surface area contributed by atoms with Gasteiger partial charge in [-0.15, -0.1) is 0 Å². The normalized spacial score (nSPS) is 9.48. The van der Waals surface area contributed by atoms with Gasteiger partial charge < -0.3 is 43.2 Å². The summed E-state index contributed by atoms with van der Waals surface area (Å²) >= 11 is 0. The Kier molecular flexibility index (Phi) is 19.3. The lowest BCUT2D eigenvalue weighted by Gasteiger charge is -2.02. The quantitative estimate of drug-likeness (QED) is 0.0871. The van der Waals surface area contributed by atoms with Crippen LogP contribution in [0.5, 0.6) is 0 Å². The van der Waals surface area contributed by atoms with Gasteiger partial charge in [-0.2, -0.15) is 10.2 Å². The highest BCUT2D eigenvalue weighted by Crippen LogP contribution is 2.04. The maximum Gasteiger partial charge on any atom is 0.272 e. The minimum absolute atomic E-state index is 0. The maximum atomic E-state index is 12.1. The number of nitrogens with zero attached hydrogens (tertiary/aromatic N) is 6. The number of nitrogens with one attached hydrogen (secondary N) is 6. The van der Waals surface area contributed by atoms with E-state index >= 15 is 0 Å². The number of hydrogen-bond donors (Lipinski definition) is 6. The summed E-state index contributed by atoms with van der Waals surface area (Å²) < 4.78 is 0. The second kappa shape index (κ2) is 23.3. The molecule has 6 rings (SSSR count). The van der Waals surface area contributed by atoms with Crippen molar-refractivity contribution in [2.45, 2.75) is 26.2 Å². The molecular formula is C34H40N12O8. The lowest BCUT2D eigenvalue weighted by atomic mass is 10.3. The highest BCUT2D eigenvalue weighted by molar-refractivity contribution is 5.98. The van der Waals surface area contributed by atoms with Gasteiger partial charge in [0.15, 0.2) is 11.4 Å². The van der Waals surface area contributed by atoms with Crippen LogP contribution in [-0.2, 0) is 26.2 Å². The topological polar surface area (TPSA) is 351 Å². The molecule has 6 aromatic heterocycles. The smallest absolute Gasteiger partial charge is 0.272 e. The van der Waals surface area contributed by atoms with Gasteiger partial charge in [-0.1, -0.05) is 24.3 Å². The van der Waals surface area contributed by atoms with Crippen molar-refractivity contribution in [1.82, 2.24) is 61.6 Å². The summed E-state index contributed by atoms with van der Waals surface area (Å²) in [6, 6.07) is 24.6. The molecular weight excluding hydrogens is 704 g/mol. The fraction of sp³-hybridized carbons (Fsp3) is 0.118. The molecule has 284 valence electrons. The first kappa shape index (κ1) is 44.8. The van der Waals surface area contributed by atoms with E-state index in [-0.39, 0.29) is 81.4 Å². The second-order valence-electron chi connectivity index (χ2n) is 10.3. The van der Waals surface area contributed by atoms with Crippen molar-refractivity contribution >= 4 is 23.6 Å². The summed E-state index contributed by atoms with van der Waals surface area (Å²) in [5.74, 6) is -1.49. The third-order valence-electron chi connectivity index (χ3n) is 6.74. The summed E-state index contributed by atoms with van der Waals surface area (Å²) in [4.78, 5) is 64.8. The Hall–Kier alpha value is -7.26. The Morgan fingerprint density at radius 3 is 0.963 bits per heavy atom. The van der Waals surface area contributed by atoms with Crippen LogP contribution in [-0.4, -0.2) is 85.9 Å². The first-order chi connectivity index (χ1) is 24.4. The molecule has 0 atom stereocenters. The van der Waals surface area contributed by atoms with E-state index in [1.807, 2.05) is 36.4 Å². The molecule has 20 nitrogen and oxygen atoms in total. The lowest BCUT2D eigenvalue weighted by Crippen LogP contribution is -2.24. The van der Waals surface area contributed by atoms with Crippen LogP contribution >= 0.6 is 0 Å². The zero-order valence-corrected chi connectivity index (χ0v) is 28.5. The predicted octanol–water partition coefficient (Wildman–Crippen LogP) is -1.18. The largest absolute Gasteiger partial charge is 0.412 e. The minimum Gasteiger partial charge on any atom is -0.412 e. The number of pyridine rings is 4. The van der Waals surface area contributed by atoms with Gasteiger partial charge in [0.2, 0.25) is 0 Å². The zero-order chi connectivity index (χ0) is 35.0. The summed E-state index contributed by atoms with van der Waals surface area (Å²) in [7, 11) is 0. The third-order valence-corrected chi connectivity index (χ3v) is 6.74. The van der Waals surface area contributed by atoms with Gasteiger partial charge in [0.05, 0.1) is 49.0 Å². The predicted molar refractivity (Wildman–Crippen MR) is 193 cm³/mol. The summed E-state index contributed by atoms with van der Waals surface area (Å²) in [6.45, 7) is 1.15. The van der Waals surface area contributed by atoms with Gasteiger partial charge >= 0.3 is 0 Å². The van der Waals surface area contributed by atoms with Crippen LogP contribution in [0.3, 0.4) is 0 Å². The summed E-state index contributed by atoms with van der Waals surface area (Å²) in [5, 5.41) is 23.7. The monoisotopic (exact) mass is 744 g/mol. The molecule has 0 aliphatic carbocycles. The van der Waals surface area contributed by atoms with Crippen molar-refractivity contribution in [3.63, 3.8) is 0 Å². The number of carbonyl (C=O) groups is 4. The van der Waals surface area contributed by atoms with Gasteiger partial charge in [-0.3, -0.25) is 49.3 Å². The number of aromatic nitrogens is 8. The lowest BCUT2D eigenvalue weighted by molar-refractivity contribution is 0.0935. The number of rotatable bonds is 12. The Bertz CT molecular complexity index is 1710. The molecule has 0 unspecified atom stereocenters. The van der Waals surface area contributed by atoms with Crippen molar-refractivity contribution in [3.05, 3.63) is 155 Å². The molecule has 0 saturated heterocycles. The third kappa shape index (κ3) is 13.8. The molecule has 0 saturated carbocycles. The maximum absolute atomic E-state index is 12.1. The SMILES string of the molecule is O.O.O.O.O=C(NCc1ccccn1)c1cc(C(=O)NCc2ccccn2)[nH]n1.O=C(NCc1ccccn1)c1cc(C(=O)NCc2ccccn2)[nH]n1. The molecule has 0 aliphatic rings. The average molecular weight is 745 g/mol. The number of hydrogen-bond acceptors (Lipinski definition) is 10. The minimum atomic E-state index is -0.384. The fourth-order valence-corrected chi connectivity index (χ4v) is 4.17. The fourth-order valence-electron chi connectivity index (χ4n) is 4.17. The molecule has 0 aliphatic heterocycles. The molecule has 0 aromatic carbocycles. The number of carbonyl (C=O) groups excluding carboxylic acids is 4. The number of H-pyrrole nitrogens is 2. The summed E-state index contributed by atoms with van der Waals surface area (Å²) in [5.41, 5.74) is 3.64. The van der Waals surface area contributed by atoms with Gasteiger partial charge in [-0.25, -0.2) is 0 Å². The van der Waals surface area contributed by atoms with Crippen molar-refractivity contribution in [1.29, 1.82) is 0 Å². The molecule has 0 spiro atoms. The van der Waals surface area contributed by atoms with Crippen LogP contribution in [0.15, 0.2) is 110 Å². The molecule has 0 radical (unpaired) electrons. The molecule has 0 bridgehead atoms. The van der Waals surface area contributed by atoms with Crippen molar-refractivity contribution in [2.24, 2.45) is 0 Å². The molecule has 6 aromatic rings. The van der Waals surface area contributed by atoms with Crippen LogP contribution in [0, 0.1) is 0 Å². The van der Waals surface area contributed by atoms with Gasteiger partial charge in [0, 0.05) is 36.9 Å². The Labute approximate surface area is 307 Å². The van der Waals surface area contributed by atoms with Crippen LogP contribution < -0.4 is 21.3 Å². The molecule has 4 amide bonds. The van der Waals surface area contributed by atoms with Crippen molar-refractivity contribution < 1.29 is 41.1 Å². The number of aromatic amines is 2. The first-order valence-corrected chi connectivity index (χ1v) is 15.3. The highest BCUT2D eigenvalue weighted by atomic mass is 16.2. The van der Waals surface area contributed by atoms with Gasteiger partial charge in [0.1, 0.15) is 11.4 Å².